The Hall–Kier alpha value is -0.930. The van der Waals surface area contributed by atoms with Crippen LogP contribution in [0.4, 0.5) is 0 Å². The Morgan fingerprint density at radius 3 is 2.75 bits per heavy atom. The SMILES string of the molecule is CCOC(C1CC1)C(N)c1ccc(C)nc1. The lowest BCUT2D eigenvalue weighted by Crippen LogP contribution is -2.31. The molecule has 1 aromatic heterocycles. The molecule has 1 aliphatic carbocycles. The van der Waals surface area contributed by atoms with Gasteiger partial charge < -0.3 is 10.5 Å². The molecule has 0 aliphatic heterocycles. The van der Waals surface area contributed by atoms with Gasteiger partial charge in [-0.25, -0.2) is 0 Å². The molecule has 2 rings (SSSR count). The molecule has 1 aromatic rings. The zero-order valence-corrected chi connectivity index (χ0v) is 10.0. The van der Waals surface area contributed by atoms with Crippen molar-refractivity contribution in [3.63, 3.8) is 0 Å². The quantitative estimate of drug-likeness (QED) is 0.827. The molecule has 0 radical (unpaired) electrons. The van der Waals surface area contributed by atoms with Gasteiger partial charge in [-0.05, 0) is 44.2 Å². The second kappa shape index (κ2) is 4.93. The van der Waals surface area contributed by atoms with Gasteiger partial charge in [-0.2, -0.15) is 0 Å². The smallest absolute Gasteiger partial charge is 0.0796 e. The second-order valence-electron chi connectivity index (χ2n) is 4.52. The summed E-state index contributed by atoms with van der Waals surface area (Å²) in [5, 5.41) is 0. The molecule has 2 unspecified atom stereocenters. The van der Waals surface area contributed by atoms with Crippen molar-refractivity contribution < 1.29 is 4.74 Å². The Morgan fingerprint density at radius 2 is 2.25 bits per heavy atom. The minimum Gasteiger partial charge on any atom is -0.376 e. The topological polar surface area (TPSA) is 48.1 Å². The summed E-state index contributed by atoms with van der Waals surface area (Å²) >= 11 is 0. The summed E-state index contributed by atoms with van der Waals surface area (Å²) < 4.78 is 5.76. The van der Waals surface area contributed by atoms with Gasteiger partial charge in [-0.3, -0.25) is 4.98 Å². The normalized spacial score (nSPS) is 19.4. The third kappa shape index (κ3) is 2.60. The van der Waals surface area contributed by atoms with Gasteiger partial charge in [-0.1, -0.05) is 6.07 Å². The first-order valence-electron chi connectivity index (χ1n) is 6.02. The zero-order chi connectivity index (χ0) is 11.5. The molecule has 3 nitrogen and oxygen atoms in total. The maximum atomic E-state index is 6.25. The number of hydrogen-bond donors (Lipinski definition) is 1. The van der Waals surface area contributed by atoms with E-state index in [4.69, 9.17) is 10.5 Å². The van der Waals surface area contributed by atoms with Crippen LogP contribution >= 0.6 is 0 Å². The lowest BCUT2D eigenvalue weighted by atomic mass is 10.0. The molecule has 0 bridgehead atoms. The Balaban J connectivity index is 2.08. The van der Waals surface area contributed by atoms with Gasteiger partial charge in [0.15, 0.2) is 0 Å². The molecule has 0 spiro atoms. The molecule has 2 N–H and O–H groups in total. The van der Waals surface area contributed by atoms with E-state index in [0.717, 1.165) is 17.9 Å². The van der Waals surface area contributed by atoms with E-state index in [2.05, 4.69) is 11.1 Å². The number of rotatable bonds is 5. The van der Waals surface area contributed by atoms with E-state index in [9.17, 15) is 0 Å². The fourth-order valence-electron chi connectivity index (χ4n) is 2.02. The summed E-state index contributed by atoms with van der Waals surface area (Å²) in [6.45, 7) is 4.74. The molecule has 3 heteroatoms. The van der Waals surface area contributed by atoms with Crippen molar-refractivity contribution in [1.29, 1.82) is 0 Å². The summed E-state index contributed by atoms with van der Waals surface area (Å²) in [6.07, 6.45) is 4.53. The molecular formula is C13H20N2O. The summed E-state index contributed by atoms with van der Waals surface area (Å²) in [6, 6.07) is 4.02. The number of hydrogen-bond acceptors (Lipinski definition) is 3. The number of nitrogens with two attached hydrogens (primary N) is 1. The van der Waals surface area contributed by atoms with Crippen LogP contribution in [0.3, 0.4) is 0 Å². The molecule has 1 aliphatic rings. The van der Waals surface area contributed by atoms with Gasteiger partial charge in [-0.15, -0.1) is 0 Å². The minimum absolute atomic E-state index is 0.0412. The van der Waals surface area contributed by atoms with Gasteiger partial charge in [0.05, 0.1) is 12.1 Å². The van der Waals surface area contributed by atoms with Crippen LogP contribution in [0.25, 0.3) is 0 Å². The van der Waals surface area contributed by atoms with Crippen LogP contribution < -0.4 is 5.73 Å². The summed E-state index contributed by atoms with van der Waals surface area (Å²) in [5.41, 5.74) is 8.35. The Labute approximate surface area is 97.0 Å². The predicted molar refractivity (Wildman–Crippen MR) is 64.0 cm³/mol. The van der Waals surface area contributed by atoms with Crippen LogP contribution in [-0.2, 0) is 4.74 Å². The van der Waals surface area contributed by atoms with E-state index >= 15 is 0 Å². The van der Waals surface area contributed by atoms with Crippen LogP contribution in [0.5, 0.6) is 0 Å². The van der Waals surface area contributed by atoms with Gasteiger partial charge >= 0.3 is 0 Å². The molecule has 88 valence electrons. The fraction of sp³-hybridized carbons (Fsp3) is 0.615. The number of aromatic nitrogens is 1. The number of nitrogens with zero attached hydrogens (tertiary/aromatic N) is 1. The van der Waals surface area contributed by atoms with Crippen molar-refractivity contribution in [2.45, 2.75) is 38.8 Å². The lowest BCUT2D eigenvalue weighted by molar-refractivity contribution is 0.0282. The van der Waals surface area contributed by atoms with Gasteiger partial charge in [0, 0.05) is 18.5 Å². The van der Waals surface area contributed by atoms with Crippen LogP contribution in [0.1, 0.15) is 37.1 Å². The molecule has 0 amide bonds. The monoisotopic (exact) mass is 220 g/mol. The lowest BCUT2D eigenvalue weighted by Gasteiger charge is -2.23. The minimum atomic E-state index is -0.0412. The maximum Gasteiger partial charge on any atom is 0.0796 e. The van der Waals surface area contributed by atoms with Crippen molar-refractivity contribution in [2.75, 3.05) is 6.61 Å². The third-order valence-electron chi connectivity index (χ3n) is 3.12. The van der Waals surface area contributed by atoms with Crippen molar-refractivity contribution >= 4 is 0 Å². The highest BCUT2D eigenvalue weighted by atomic mass is 16.5. The van der Waals surface area contributed by atoms with Crippen molar-refractivity contribution in [3.05, 3.63) is 29.6 Å². The highest BCUT2D eigenvalue weighted by Crippen LogP contribution is 2.39. The van der Waals surface area contributed by atoms with Crippen molar-refractivity contribution in [3.8, 4) is 0 Å². The van der Waals surface area contributed by atoms with Gasteiger partial charge in [0.25, 0.3) is 0 Å². The first-order valence-corrected chi connectivity index (χ1v) is 6.02. The second-order valence-corrected chi connectivity index (χ2v) is 4.52. The van der Waals surface area contributed by atoms with Gasteiger partial charge in [0.1, 0.15) is 0 Å². The summed E-state index contributed by atoms with van der Waals surface area (Å²) in [4.78, 5) is 4.29. The fourth-order valence-corrected chi connectivity index (χ4v) is 2.02. The van der Waals surface area contributed by atoms with Crippen molar-refractivity contribution in [2.24, 2.45) is 11.7 Å². The van der Waals surface area contributed by atoms with E-state index in [1.54, 1.807) is 0 Å². The zero-order valence-electron chi connectivity index (χ0n) is 10.0. The molecule has 1 fully saturated rings. The Bertz CT molecular complexity index is 332. The van der Waals surface area contributed by atoms with Crippen LogP contribution in [0.15, 0.2) is 18.3 Å². The highest BCUT2D eigenvalue weighted by Gasteiger charge is 2.36. The van der Waals surface area contributed by atoms with E-state index in [0.29, 0.717) is 5.92 Å². The maximum absolute atomic E-state index is 6.25. The van der Waals surface area contributed by atoms with E-state index in [1.165, 1.54) is 12.8 Å². The molecule has 16 heavy (non-hydrogen) atoms. The average molecular weight is 220 g/mol. The Kier molecular flexibility index (Phi) is 3.56. The molecule has 0 aromatic carbocycles. The molecule has 1 heterocycles. The summed E-state index contributed by atoms with van der Waals surface area (Å²) in [7, 11) is 0. The van der Waals surface area contributed by atoms with E-state index in [1.807, 2.05) is 26.1 Å². The van der Waals surface area contributed by atoms with Crippen molar-refractivity contribution in [1.82, 2.24) is 4.98 Å². The number of aryl methyl sites for hydroxylation is 1. The largest absolute Gasteiger partial charge is 0.376 e. The van der Waals surface area contributed by atoms with Crippen LogP contribution in [0.2, 0.25) is 0 Å². The Morgan fingerprint density at radius 1 is 1.50 bits per heavy atom. The van der Waals surface area contributed by atoms with E-state index in [-0.39, 0.29) is 12.1 Å². The van der Waals surface area contributed by atoms with Gasteiger partial charge in [0.2, 0.25) is 0 Å². The molecular weight excluding hydrogens is 200 g/mol. The molecule has 2 atom stereocenters. The van der Waals surface area contributed by atoms with E-state index < -0.39 is 0 Å². The van der Waals surface area contributed by atoms with Crippen LogP contribution in [0, 0.1) is 12.8 Å². The predicted octanol–water partition coefficient (Wildman–Crippen LogP) is 2.20. The average Bonchev–Trinajstić information content (AvgIpc) is 3.10. The molecule has 1 saturated carbocycles. The highest BCUT2D eigenvalue weighted by molar-refractivity contribution is 5.19. The number of pyridine rings is 1. The third-order valence-corrected chi connectivity index (χ3v) is 3.12. The first-order chi connectivity index (χ1) is 7.72. The standard InChI is InChI=1S/C13H20N2O/c1-3-16-13(10-6-7-10)12(14)11-5-4-9(2)15-8-11/h4-5,8,10,12-13H,3,6-7,14H2,1-2H3. The molecule has 0 saturated heterocycles. The van der Waals surface area contributed by atoms with Crippen LogP contribution in [-0.4, -0.2) is 17.7 Å². The summed E-state index contributed by atoms with van der Waals surface area (Å²) in [5.74, 6) is 0.649. The number of ether oxygens (including phenoxy) is 1. The first kappa shape index (κ1) is 11.6.